The molecule has 7 aromatic rings. The average Bonchev–Trinajstić information content (AvgIpc) is 1.62. The number of carbonyl (C=O) groups excluding carboxylic acids is 7. The Hall–Kier alpha value is -9.90. The summed E-state index contributed by atoms with van der Waals surface area (Å²) in [6, 6.07) is 25.5. The highest BCUT2D eigenvalue weighted by atomic mass is 79.9. The SMILES string of the molecule is C.CC(C)(C)OC(=O)N1CC[C@@H](CC(=O)c2ccc(B3OC(C)(C)C(C)(C)O3)cc2F)C1.CC(C)(C)OC(=O)N1CC[C@@H](CC(=O)c2ccc(Br)cc2F)C1.Cc1cc(-c2ccc(C(=O)C[C@@H]3CCN(C#N)C3)c(F)c2)nc(C)n1.Cc1cc(-c2ccc(C(=O)C[C@@H]3CCN(C(=O)OC(C)(C)C)C3)c(F)c2)nc(C)n1.O=C(O)c1ccc(Br)cc1F. The number of aryl methyl sites for hydroxylation is 4. The van der Waals surface area contributed by atoms with Gasteiger partial charge < -0.3 is 48.2 Å². The van der Waals surface area contributed by atoms with Gasteiger partial charge in [-0.25, -0.2) is 61.1 Å². The molecule has 0 spiro atoms. The number of hydrogen-bond acceptors (Lipinski definition) is 19. The molecule has 0 saturated carbocycles. The van der Waals surface area contributed by atoms with E-state index in [1.165, 1.54) is 60.7 Å². The maximum Gasteiger partial charge on any atom is 0.494 e. The quantitative estimate of drug-likeness (QED) is 0.0309. The molecule has 650 valence electrons. The van der Waals surface area contributed by atoms with Gasteiger partial charge in [0.05, 0.1) is 50.4 Å². The molecular formula is C90H109BBr2F5N9O14. The Bertz CT molecular complexity index is 4940. The molecule has 31 heteroatoms. The van der Waals surface area contributed by atoms with E-state index in [-0.39, 0.29) is 126 Å². The first-order chi connectivity index (χ1) is 55.9. The molecule has 7 heterocycles. The van der Waals surface area contributed by atoms with Crippen molar-refractivity contribution in [3.63, 3.8) is 0 Å². The Kier molecular flexibility index (Phi) is 33.9. The number of carboxylic acid groups (broad SMARTS) is 1. The number of aromatic nitrogens is 4. The molecule has 1 N–H and O–H groups in total. The summed E-state index contributed by atoms with van der Waals surface area (Å²) in [7, 11) is -0.680. The van der Waals surface area contributed by atoms with Crippen LogP contribution >= 0.6 is 31.9 Å². The number of halogens is 7. The molecule has 5 aliphatic rings. The lowest BCUT2D eigenvalue weighted by molar-refractivity contribution is 0.00578. The van der Waals surface area contributed by atoms with E-state index in [4.69, 9.17) is 33.9 Å². The fraction of sp³-hybridized carbons (Fsp3) is 0.478. The van der Waals surface area contributed by atoms with Crippen LogP contribution in [0, 0.1) is 91.9 Å². The van der Waals surface area contributed by atoms with Crippen molar-refractivity contribution in [3.8, 4) is 28.7 Å². The highest BCUT2D eigenvalue weighted by Gasteiger charge is 2.52. The third-order valence-electron chi connectivity index (χ3n) is 20.4. The lowest BCUT2D eigenvalue weighted by atomic mass is 9.78. The first-order valence-electron chi connectivity index (χ1n) is 39.7. The molecule has 5 aliphatic heterocycles. The number of benzene rings is 5. The van der Waals surface area contributed by atoms with Gasteiger partial charge >= 0.3 is 31.4 Å². The number of carbonyl (C=O) groups is 8. The predicted molar refractivity (Wildman–Crippen MR) is 457 cm³/mol. The van der Waals surface area contributed by atoms with E-state index in [2.05, 4.69) is 58.0 Å². The van der Waals surface area contributed by atoms with Crippen LogP contribution in [0.25, 0.3) is 22.5 Å². The molecule has 12 rings (SSSR count). The van der Waals surface area contributed by atoms with Gasteiger partial charge in [0.1, 0.15) is 57.5 Å². The summed E-state index contributed by atoms with van der Waals surface area (Å²) < 4.78 is 99.6. The van der Waals surface area contributed by atoms with E-state index in [0.717, 1.165) is 30.3 Å². The first-order valence-corrected chi connectivity index (χ1v) is 41.3. The summed E-state index contributed by atoms with van der Waals surface area (Å²) >= 11 is 6.18. The number of aromatic carboxylic acids is 1. The van der Waals surface area contributed by atoms with Gasteiger partial charge in [0.15, 0.2) is 29.3 Å². The summed E-state index contributed by atoms with van der Waals surface area (Å²) in [6.45, 7) is 35.6. The van der Waals surface area contributed by atoms with Crippen molar-refractivity contribution < 1.29 is 88.9 Å². The second-order valence-electron chi connectivity index (χ2n) is 34.6. The lowest BCUT2D eigenvalue weighted by Crippen LogP contribution is -2.41. The number of nitrogens with zero attached hydrogens (tertiary/aromatic N) is 9. The molecule has 5 aromatic carbocycles. The lowest BCUT2D eigenvalue weighted by Gasteiger charge is -2.32. The molecule has 5 saturated heterocycles. The summed E-state index contributed by atoms with van der Waals surface area (Å²) in [5, 5.41) is 17.3. The predicted octanol–water partition coefficient (Wildman–Crippen LogP) is 19.3. The van der Waals surface area contributed by atoms with Crippen LogP contribution in [0.2, 0.25) is 0 Å². The number of amides is 3. The van der Waals surface area contributed by atoms with Crippen LogP contribution in [0.4, 0.5) is 36.3 Å². The van der Waals surface area contributed by atoms with Crippen molar-refractivity contribution >= 4 is 91.8 Å². The van der Waals surface area contributed by atoms with Gasteiger partial charge in [0, 0.05) is 110 Å². The Morgan fingerprint density at radius 2 is 0.769 bits per heavy atom. The van der Waals surface area contributed by atoms with E-state index in [1.807, 2.05) is 104 Å². The fourth-order valence-electron chi connectivity index (χ4n) is 13.8. The van der Waals surface area contributed by atoms with E-state index < -0.39 is 70.2 Å². The second-order valence-corrected chi connectivity index (χ2v) is 36.4. The summed E-state index contributed by atoms with van der Waals surface area (Å²) in [5.41, 5.74) is 1.96. The average molecular weight is 1810 g/mol. The highest BCUT2D eigenvalue weighted by molar-refractivity contribution is 9.10. The Labute approximate surface area is 722 Å². The molecule has 2 aromatic heterocycles. The zero-order valence-corrected chi connectivity index (χ0v) is 74.1. The van der Waals surface area contributed by atoms with E-state index in [9.17, 15) is 60.3 Å². The largest absolute Gasteiger partial charge is 0.494 e. The minimum absolute atomic E-state index is 0. The van der Waals surface area contributed by atoms with Gasteiger partial charge in [0.25, 0.3) is 0 Å². The van der Waals surface area contributed by atoms with Crippen LogP contribution in [0.15, 0.2) is 112 Å². The van der Waals surface area contributed by atoms with Crippen LogP contribution in [0.1, 0.15) is 224 Å². The van der Waals surface area contributed by atoms with Crippen molar-refractivity contribution in [1.29, 1.82) is 5.26 Å². The minimum Gasteiger partial charge on any atom is -0.478 e. The van der Waals surface area contributed by atoms with Crippen LogP contribution in [0.5, 0.6) is 0 Å². The van der Waals surface area contributed by atoms with Gasteiger partial charge in [-0.05, 0) is 257 Å². The molecule has 3 amide bonds. The van der Waals surface area contributed by atoms with Crippen molar-refractivity contribution in [1.82, 2.24) is 39.5 Å². The number of hydrogen-bond donors (Lipinski definition) is 1. The first kappa shape index (κ1) is 98.2. The molecule has 5 fully saturated rings. The number of ether oxygens (including phenoxy) is 3. The van der Waals surface area contributed by atoms with Crippen LogP contribution < -0.4 is 5.46 Å². The number of likely N-dealkylation sites (tertiary alicyclic amines) is 4. The van der Waals surface area contributed by atoms with Gasteiger partial charge in [-0.2, -0.15) is 5.26 Å². The molecule has 4 atom stereocenters. The summed E-state index contributed by atoms with van der Waals surface area (Å²) in [5.74, 6) is -3.79. The zero-order chi connectivity index (χ0) is 88.8. The van der Waals surface area contributed by atoms with Crippen LogP contribution in [-0.2, 0) is 23.5 Å². The maximum absolute atomic E-state index is 14.8. The summed E-state index contributed by atoms with van der Waals surface area (Å²) in [6.07, 6.45) is 4.77. The normalized spacial score (nSPS) is 17.7. The highest BCUT2D eigenvalue weighted by Crippen LogP contribution is 2.38. The number of Topliss-reactive ketones (excluding diaryl/α,β-unsaturated/α-hetero) is 4. The third-order valence-corrected chi connectivity index (χ3v) is 21.4. The number of nitriles is 1. The Morgan fingerprint density at radius 3 is 1.07 bits per heavy atom. The molecule has 0 aliphatic carbocycles. The van der Waals surface area contributed by atoms with E-state index in [1.54, 1.807) is 69.8 Å². The van der Waals surface area contributed by atoms with E-state index >= 15 is 0 Å². The Morgan fingerprint density at radius 1 is 0.463 bits per heavy atom. The van der Waals surface area contributed by atoms with E-state index in [0.29, 0.717) is 114 Å². The Balaban J connectivity index is 0.000000213. The molecule has 0 radical (unpaired) electrons. The van der Waals surface area contributed by atoms with Crippen molar-refractivity contribution in [2.75, 3.05) is 52.4 Å². The monoisotopic (exact) mass is 1800 g/mol. The molecule has 0 unspecified atom stereocenters. The smallest absolute Gasteiger partial charge is 0.478 e. The number of rotatable bonds is 16. The van der Waals surface area contributed by atoms with Gasteiger partial charge in [-0.15, -0.1) is 0 Å². The van der Waals surface area contributed by atoms with Crippen molar-refractivity contribution in [2.24, 2.45) is 23.7 Å². The maximum atomic E-state index is 14.8. The molecular weight excluding hydrogens is 1700 g/mol. The van der Waals surface area contributed by atoms with Gasteiger partial charge in [-0.3, -0.25) is 19.2 Å². The van der Waals surface area contributed by atoms with Gasteiger partial charge in [-0.1, -0.05) is 57.5 Å². The van der Waals surface area contributed by atoms with Crippen molar-refractivity contribution in [3.05, 3.63) is 192 Å². The zero-order valence-electron chi connectivity index (χ0n) is 70.9. The van der Waals surface area contributed by atoms with Crippen LogP contribution in [-0.4, -0.2) is 180 Å². The van der Waals surface area contributed by atoms with Crippen LogP contribution in [0.3, 0.4) is 0 Å². The molecule has 0 bridgehead atoms. The third kappa shape index (κ3) is 28.9. The van der Waals surface area contributed by atoms with Crippen molar-refractivity contribution in [2.45, 2.75) is 205 Å². The topological polar surface area (TPSA) is 291 Å². The molecule has 121 heavy (non-hydrogen) atoms. The number of ketones is 4. The molecule has 23 nitrogen and oxygen atoms in total. The second kappa shape index (κ2) is 41.8. The minimum atomic E-state index is -1.25. The standard InChI is InChI=1S/C23H33BFNO5.C23H28FN3O3.C19H19FN4O.C17H21BrFNO3.C7H4BrFO2.CH4/c1-21(2,3)29-20(28)26-11-10-15(14-26)12-19(27)17-9-8-16(13-18(17)25)24-30-22(4,5)23(6,7)31-24;1-14-10-20(26-15(2)25-14)17-6-7-18(19(24)12-17)21(28)11-16-8-9-27(13-16)22(29)30-23(3,4)5;1-12-7-18(23-13(2)22-12)15-3-4-16(17(20)9-15)19(25)8-14-5-6-24(10-14)11-21;1-17(2,3)23-16(22)20-7-6-11(10-20)8-15(21)13-5-4-12(18)9-14(13)19;8-4-1-2-5(7(10)11)6(9)3-4;/h8-9,13,15H,10-12,14H2,1-7H3;6-7,10,12,16H,8-9,11,13H2,1-5H3;3-4,7,9,14H,5-6,8,10H2,1-2H3;4-5,9,11H,6-8,10H2,1-3H3;1-3H,(H,10,11);1H4/t15-;16-;14-;11-;;/m0000../s1. The van der Waals surface area contributed by atoms with Gasteiger partial charge in [0.2, 0.25) is 0 Å². The number of carboxylic acids is 1. The summed E-state index contributed by atoms with van der Waals surface area (Å²) in [4.78, 5) is 120. The fourth-order valence-corrected chi connectivity index (χ4v) is 14.5.